The van der Waals surface area contributed by atoms with E-state index in [4.69, 9.17) is 4.42 Å². The van der Waals surface area contributed by atoms with Crippen LogP contribution in [0.15, 0.2) is 174 Å². The standard InChI is InChI=1S/C44H28N2OS/c1-3-13-29(14-4-1)45-37-23-9-7-17-31(37)33-19-11-21-35(43(33)45)39-25-26-40(47-39)42-28-27-41(48-42)36-22-12-20-34-32-18-8-10-24-38(32)46(44(34)36)30-15-5-2-6-16-30/h1-28H. The van der Waals surface area contributed by atoms with Crippen LogP contribution in [-0.4, -0.2) is 9.13 Å². The minimum absolute atomic E-state index is 0.858. The van der Waals surface area contributed by atoms with E-state index in [-0.39, 0.29) is 0 Å². The Labute approximate surface area is 281 Å². The van der Waals surface area contributed by atoms with Crippen LogP contribution in [0.1, 0.15) is 0 Å². The molecule has 3 nitrogen and oxygen atoms in total. The summed E-state index contributed by atoms with van der Waals surface area (Å²) in [6, 6.07) is 60.4. The summed E-state index contributed by atoms with van der Waals surface area (Å²) in [5.41, 5.74) is 9.35. The Balaban J connectivity index is 1.11. The van der Waals surface area contributed by atoms with Gasteiger partial charge in [0.15, 0.2) is 0 Å². The first-order valence-electron chi connectivity index (χ1n) is 16.2. The molecular formula is C44H28N2OS. The van der Waals surface area contributed by atoms with Gasteiger partial charge in [0.05, 0.1) is 26.9 Å². The van der Waals surface area contributed by atoms with Crippen LogP contribution in [0, 0.1) is 0 Å². The predicted octanol–water partition coefficient (Wildman–Crippen LogP) is 12.5. The fraction of sp³-hybridized carbons (Fsp3) is 0. The summed E-state index contributed by atoms with van der Waals surface area (Å²) in [7, 11) is 0. The number of aromatic nitrogens is 2. The number of furan rings is 1. The van der Waals surface area contributed by atoms with Crippen molar-refractivity contribution in [1.82, 2.24) is 9.13 Å². The first-order chi connectivity index (χ1) is 23.8. The van der Waals surface area contributed by atoms with Crippen molar-refractivity contribution in [3.05, 3.63) is 170 Å². The SMILES string of the molecule is c1ccc(-n2c3ccccc3c3cccc(-c4ccc(-c5ccc(-c6cccc7c8ccccc8n(-c8ccccc8)c67)s5)o4)c32)cc1. The first kappa shape index (κ1) is 27.1. The predicted molar refractivity (Wildman–Crippen MR) is 202 cm³/mol. The fourth-order valence-electron chi connectivity index (χ4n) is 7.36. The van der Waals surface area contributed by atoms with Crippen molar-refractivity contribution in [2.24, 2.45) is 0 Å². The van der Waals surface area contributed by atoms with Crippen LogP contribution in [0.2, 0.25) is 0 Å². The number of para-hydroxylation sites is 6. The van der Waals surface area contributed by atoms with Crippen molar-refractivity contribution in [3.8, 4) is 43.8 Å². The highest BCUT2D eigenvalue weighted by Crippen LogP contribution is 2.44. The van der Waals surface area contributed by atoms with Crippen molar-refractivity contribution in [3.63, 3.8) is 0 Å². The molecule has 0 N–H and O–H groups in total. The molecule has 0 aliphatic carbocycles. The number of benzene rings is 6. The minimum Gasteiger partial charge on any atom is -0.455 e. The maximum absolute atomic E-state index is 6.72. The van der Waals surface area contributed by atoms with Gasteiger partial charge in [-0.05, 0) is 66.7 Å². The van der Waals surface area contributed by atoms with Crippen molar-refractivity contribution >= 4 is 54.9 Å². The second-order valence-electron chi connectivity index (χ2n) is 12.1. The van der Waals surface area contributed by atoms with Crippen molar-refractivity contribution in [1.29, 1.82) is 0 Å². The monoisotopic (exact) mass is 632 g/mol. The van der Waals surface area contributed by atoms with Crippen LogP contribution in [0.4, 0.5) is 0 Å². The maximum Gasteiger partial charge on any atom is 0.144 e. The summed E-state index contributed by atoms with van der Waals surface area (Å²) < 4.78 is 11.5. The van der Waals surface area contributed by atoms with E-state index in [2.05, 4.69) is 179 Å². The summed E-state index contributed by atoms with van der Waals surface area (Å²) in [4.78, 5) is 2.31. The summed E-state index contributed by atoms with van der Waals surface area (Å²) >= 11 is 1.77. The number of hydrogen-bond donors (Lipinski definition) is 0. The van der Waals surface area contributed by atoms with E-state index in [0.717, 1.165) is 38.9 Å². The molecule has 0 bridgehead atoms. The number of hydrogen-bond acceptors (Lipinski definition) is 2. The number of rotatable bonds is 5. The van der Waals surface area contributed by atoms with Gasteiger partial charge in [0.2, 0.25) is 0 Å². The van der Waals surface area contributed by atoms with Crippen LogP contribution in [0.3, 0.4) is 0 Å². The van der Waals surface area contributed by atoms with E-state index >= 15 is 0 Å². The highest BCUT2D eigenvalue weighted by Gasteiger charge is 2.20. The van der Waals surface area contributed by atoms with Crippen LogP contribution in [0.5, 0.6) is 0 Å². The van der Waals surface area contributed by atoms with Crippen LogP contribution >= 0.6 is 11.3 Å². The number of thiophene rings is 1. The average Bonchev–Trinajstić information content (AvgIpc) is 3.96. The zero-order valence-corrected chi connectivity index (χ0v) is 26.7. The van der Waals surface area contributed by atoms with Gasteiger partial charge in [-0.3, -0.25) is 0 Å². The third kappa shape index (κ3) is 4.06. The molecule has 226 valence electrons. The average molecular weight is 633 g/mol. The second-order valence-corrected chi connectivity index (χ2v) is 13.2. The molecule has 10 rings (SSSR count). The molecule has 4 heteroatoms. The summed E-state index contributed by atoms with van der Waals surface area (Å²) in [6.45, 7) is 0. The molecule has 4 heterocycles. The Morgan fingerprint density at radius 3 is 1.46 bits per heavy atom. The van der Waals surface area contributed by atoms with Crippen LogP contribution < -0.4 is 0 Å². The largest absolute Gasteiger partial charge is 0.455 e. The number of nitrogens with zero attached hydrogens (tertiary/aromatic N) is 2. The zero-order valence-electron chi connectivity index (χ0n) is 25.9. The maximum atomic E-state index is 6.72. The molecule has 6 aromatic carbocycles. The van der Waals surface area contributed by atoms with Gasteiger partial charge in [-0.25, -0.2) is 0 Å². The molecule has 0 saturated heterocycles. The zero-order chi connectivity index (χ0) is 31.6. The Kier molecular flexibility index (Phi) is 6.05. The van der Waals surface area contributed by atoms with Gasteiger partial charge in [0, 0.05) is 48.9 Å². The molecule has 0 radical (unpaired) electrons. The molecule has 48 heavy (non-hydrogen) atoms. The van der Waals surface area contributed by atoms with Gasteiger partial charge in [-0.15, -0.1) is 11.3 Å². The normalized spacial score (nSPS) is 11.8. The fourth-order valence-corrected chi connectivity index (χ4v) is 8.35. The van der Waals surface area contributed by atoms with Gasteiger partial charge < -0.3 is 13.6 Å². The molecule has 0 amide bonds. The lowest BCUT2D eigenvalue weighted by molar-refractivity contribution is 0.599. The van der Waals surface area contributed by atoms with E-state index < -0.39 is 0 Å². The Hall–Kier alpha value is -6.10. The van der Waals surface area contributed by atoms with Crippen LogP contribution in [0.25, 0.3) is 87.4 Å². The van der Waals surface area contributed by atoms with Gasteiger partial charge in [-0.1, -0.05) is 103 Å². The molecule has 0 aliphatic heterocycles. The molecule has 0 atom stereocenters. The highest BCUT2D eigenvalue weighted by atomic mass is 32.1. The van der Waals surface area contributed by atoms with E-state index in [1.54, 1.807) is 11.3 Å². The molecular weight excluding hydrogens is 605 g/mol. The topological polar surface area (TPSA) is 23.0 Å². The van der Waals surface area contributed by atoms with Crippen LogP contribution in [-0.2, 0) is 0 Å². The molecule has 0 unspecified atom stereocenters. The molecule has 0 spiro atoms. The van der Waals surface area contributed by atoms with E-state index in [9.17, 15) is 0 Å². The summed E-state index contributed by atoms with van der Waals surface area (Å²) in [5.74, 6) is 1.73. The Morgan fingerprint density at radius 1 is 0.354 bits per heavy atom. The van der Waals surface area contributed by atoms with Crippen molar-refractivity contribution < 1.29 is 4.42 Å². The first-order valence-corrected chi connectivity index (χ1v) is 17.0. The quantitative estimate of drug-likeness (QED) is 0.185. The lowest BCUT2D eigenvalue weighted by Gasteiger charge is -2.10. The van der Waals surface area contributed by atoms with E-state index in [1.165, 1.54) is 48.5 Å². The molecule has 0 saturated carbocycles. The highest BCUT2D eigenvalue weighted by molar-refractivity contribution is 7.18. The van der Waals surface area contributed by atoms with Gasteiger partial charge >= 0.3 is 0 Å². The minimum atomic E-state index is 0.858. The molecule has 0 fully saturated rings. The summed E-state index contributed by atoms with van der Waals surface area (Å²) in [6.07, 6.45) is 0. The van der Waals surface area contributed by atoms with E-state index in [0.29, 0.717) is 0 Å². The molecule has 0 aliphatic rings. The third-order valence-corrected chi connectivity index (χ3v) is 10.5. The Bertz CT molecular complexity index is 2590. The van der Waals surface area contributed by atoms with Gasteiger partial charge in [0.25, 0.3) is 0 Å². The Morgan fingerprint density at radius 2 is 0.833 bits per heavy atom. The lowest BCUT2D eigenvalue weighted by Crippen LogP contribution is -1.94. The molecule has 10 aromatic rings. The third-order valence-electron chi connectivity index (χ3n) is 9.40. The number of fused-ring (bicyclic) bond motifs is 6. The lowest BCUT2D eigenvalue weighted by atomic mass is 10.1. The van der Waals surface area contributed by atoms with Gasteiger partial charge in [-0.2, -0.15) is 0 Å². The van der Waals surface area contributed by atoms with Gasteiger partial charge in [0.1, 0.15) is 11.5 Å². The summed E-state index contributed by atoms with van der Waals surface area (Å²) in [5, 5.41) is 4.96. The van der Waals surface area contributed by atoms with Crippen molar-refractivity contribution in [2.75, 3.05) is 0 Å². The smallest absolute Gasteiger partial charge is 0.144 e. The second kappa shape index (κ2) is 10.7. The van der Waals surface area contributed by atoms with Crippen molar-refractivity contribution in [2.45, 2.75) is 0 Å². The molecule has 4 aromatic heterocycles. The van der Waals surface area contributed by atoms with E-state index in [1.807, 2.05) is 0 Å².